The predicted octanol–water partition coefficient (Wildman–Crippen LogP) is 4.82. The molecule has 22 heavy (non-hydrogen) atoms. The van der Waals surface area contributed by atoms with Gasteiger partial charge in [-0.3, -0.25) is 4.79 Å². The minimum Gasteiger partial charge on any atom is -0.301 e. The van der Waals surface area contributed by atoms with Crippen LogP contribution >= 0.6 is 34.7 Å². The third-order valence-corrected chi connectivity index (χ3v) is 5.16. The molecule has 0 aliphatic carbocycles. The van der Waals surface area contributed by atoms with Gasteiger partial charge in [0.1, 0.15) is 0 Å². The first-order chi connectivity index (χ1) is 10.7. The van der Waals surface area contributed by atoms with Crippen LogP contribution in [0.15, 0.2) is 48.5 Å². The third kappa shape index (κ3) is 4.00. The lowest BCUT2D eigenvalue weighted by molar-refractivity contribution is -0.113. The van der Waals surface area contributed by atoms with Crippen LogP contribution in [0.5, 0.6) is 0 Å². The van der Waals surface area contributed by atoms with Crippen molar-refractivity contribution in [2.75, 3.05) is 11.1 Å². The van der Waals surface area contributed by atoms with Crippen molar-refractivity contribution in [1.29, 1.82) is 0 Å². The van der Waals surface area contributed by atoms with E-state index in [4.69, 9.17) is 11.6 Å². The largest absolute Gasteiger partial charge is 0.301 e. The number of thioether (sulfide) groups is 1. The van der Waals surface area contributed by atoms with E-state index < -0.39 is 0 Å². The van der Waals surface area contributed by atoms with E-state index in [1.807, 2.05) is 48.5 Å². The summed E-state index contributed by atoms with van der Waals surface area (Å²) in [7, 11) is 0. The molecule has 0 spiro atoms. The van der Waals surface area contributed by atoms with Crippen LogP contribution in [0.2, 0.25) is 5.02 Å². The van der Waals surface area contributed by atoms with Gasteiger partial charge in [-0.05, 0) is 29.8 Å². The van der Waals surface area contributed by atoms with Crippen molar-refractivity contribution in [2.45, 2.75) is 5.75 Å². The number of carbonyl (C=O) groups is 1. The molecule has 1 aromatic heterocycles. The highest BCUT2D eigenvalue weighted by atomic mass is 35.5. The van der Waals surface area contributed by atoms with Crippen LogP contribution in [0.25, 0.3) is 10.2 Å². The van der Waals surface area contributed by atoms with E-state index in [0.717, 1.165) is 26.6 Å². The summed E-state index contributed by atoms with van der Waals surface area (Å²) in [6.07, 6.45) is 0. The summed E-state index contributed by atoms with van der Waals surface area (Å²) >= 11 is 8.90. The standard InChI is InChI=1S/C16H13ClN2OS2/c17-12-7-5-11(6-8-12)9-21-10-15(20)19-16-18-13-3-1-2-4-14(13)22-16/h1-8H,9-10H2,(H,18,19,20). The average molecular weight is 349 g/mol. The Morgan fingerprint density at radius 1 is 1.18 bits per heavy atom. The number of thiazole rings is 1. The summed E-state index contributed by atoms with van der Waals surface area (Å²) in [5, 5.41) is 4.23. The monoisotopic (exact) mass is 348 g/mol. The molecule has 0 aliphatic rings. The minimum atomic E-state index is -0.0296. The quantitative estimate of drug-likeness (QED) is 0.718. The van der Waals surface area contributed by atoms with Crippen molar-refractivity contribution in [2.24, 2.45) is 0 Å². The molecule has 0 saturated heterocycles. The molecule has 1 N–H and O–H groups in total. The fraction of sp³-hybridized carbons (Fsp3) is 0.125. The van der Waals surface area contributed by atoms with Gasteiger partial charge in [-0.25, -0.2) is 4.98 Å². The molecule has 3 aromatic rings. The molecular weight excluding hydrogens is 336 g/mol. The SMILES string of the molecule is O=C(CSCc1ccc(Cl)cc1)Nc1nc2ccccc2s1. The second-order valence-electron chi connectivity index (χ2n) is 4.65. The maximum Gasteiger partial charge on any atom is 0.236 e. The maximum atomic E-state index is 11.9. The summed E-state index contributed by atoms with van der Waals surface area (Å²) in [6, 6.07) is 15.5. The lowest BCUT2D eigenvalue weighted by Crippen LogP contribution is -2.13. The molecule has 2 aromatic carbocycles. The first-order valence-electron chi connectivity index (χ1n) is 6.68. The van der Waals surface area contributed by atoms with Gasteiger partial charge < -0.3 is 5.32 Å². The maximum absolute atomic E-state index is 11.9. The lowest BCUT2D eigenvalue weighted by atomic mass is 10.2. The second kappa shape index (κ2) is 7.13. The van der Waals surface area contributed by atoms with Crippen LogP contribution in [-0.2, 0) is 10.5 Å². The summed E-state index contributed by atoms with van der Waals surface area (Å²) in [5.74, 6) is 1.15. The molecule has 0 bridgehead atoms. The average Bonchev–Trinajstić information content (AvgIpc) is 2.91. The number of benzene rings is 2. The molecular formula is C16H13ClN2OS2. The molecule has 0 fully saturated rings. The lowest BCUT2D eigenvalue weighted by Gasteiger charge is -2.02. The van der Waals surface area contributed by atoms with Gasteiger partial charge in [-0.2, -0.15) is 0 Å². The normalized spacial score (nSPS) is 10.8. The number of carbonyl (C=O) groups excluding carboxylic acids is 1. The predicted molar refractivity (Wildman–Crippen MR) is 95.9 cm³/mol. The van der Waals surface area contributed by atoms with Crippen molar-refractivity contribution in [3.63, 3.8) is 0 Å². The van der Waals surface area contributed by atoms with Crippen molar-refractivity contribution in [3.8, 4) is 0 Å². The van der Waals surface area contributed by atoms with E-state index in [-0.39, 0.29) is 5.91 Å². The van der Waals surface area contributed by atoms with Gasteiger partial charge >= 0.3 is 0 Å². The zero-order valence-corrected chi connectivity index (χ0v) is 14.0. The molecule has 112 valence electrons. The highest BCUT2D eigenvalue weighted by molar-refractivity contribution is 7.99. The summed E-state index contributed by atoms with van der Waals surface area (Å²) in [6.45, 7) is 0. The highest BCUT2D eigenvalue weighted by Gasteiger charge is 2.07. The van der Waals surface area contributed by atoms with Gasteiger partial charge in [-0.1, -0.05) is 47.2 Å². The van der Waals surface area contributed by atoms with Gasteiger partial charge in [0.25, 0.3) is 0 Å². The van der Waals surface area contributed by atoms with Crippen molar-refractivity contribution < 1.29 is 4.79 Å². The summed E-state index contributed by atoms with van der Waals surface area (Å²) in [4.78, 5) is 16.3. The molecule has 3 nitrogen and oxygen atoms in total. The van der Waals surface area contributed by atoms with Gasteiger partial charge in [0.2, 0.25) is 5.91 Å². The molecule has 0 aliphatic heterocycles. The Morgan fingerprint density at radius 2 is 1.95 bits per heavy atom. The van der Waals surface area contributed by atoms with E-state index in [0.29, 0.717) is 10.9 Å². The first-order valence-corrected chi connectivity index (χ1v) is 9.03. The van der Waals surface area contributed by atoms with Crippen LogP contribution in [-0.4, -0.2) is 16.6 Å². The topological polar surface area (TPSA) is 42.0 Å². The van der Waals surface area contributed by atoms with Gasteiger partial charge in [0, 0.05) is 10.8 Å². The number of para-hydroxylation sites is 1. The minimum absolute atomic E-state index is 0.0296. The number of hydrogen-bond acceptors (Lipinski definition) is 4. The first kappa shape index (κ1) is 15.3. The summed E-state index contributed by atoms with van der Waals surface area (Å²) in [5.41, 5.74) is 2.07. The molecule has 0 radical (unpaired) electrons. The highest BCUT2D eigenvalue weighted by Crippen LogP contribution is 2.25. The van der Waals surface area contributed by atoms with Gasteiger partial charge in [-0.15, -0.1) is 11.8 Å². The molecule has 0 unspecified atom stereocenters. The van der Waals surface area contributed by atoms with E-state index in [9.17, 15) is 4.79 Å². The van der Waals surface area contributed by atoms with E-state index in [2.05, 4.69) is 10.3 Å². The molecule has 0 saturated carbocycles. The molecule has 6 heteroatoms. The molecule has 1 amide bonds. The number of fused-ring (bicyclic) bond motifs is 1. The number of rotatable bonds is 5. The number of nitrogens with zero attached hydrogens (tertiary/aromatic N) is 1. The zero-order chi connectivity index (χ0) is 15.4. The van der Waals surface area contributed by atoms with Crippen LogP contribution in [0.1, 0.15) is 5.56 Å². The fourth-order valence-corrected chi connectivity index (χ4v) is 3.72. The van der Waals surface area contributed by atoms with Crippen molar-refractivity contribution >= 4 is 56.0 Å². The van der Waals surface area contributed by atoms with Crippen LogP contribution in [0.4, 0.5) is 5.13 Å². The van der Waals surface area contributed by atoms with E-state index >= 15 is 0 Å². The Hall–Kier alpha value is -1.56. The fourth-order valence-electron chi connectivity index (χ4n) is 1.92. The Bertz CT molecular complexity index is 753. The van der Waals surface area contributed by atoms with Crippen LogP contribution in [0, 0.1) is 0 Å². The van der Waals surface area contributed by atoms with Gasteiger partial charge in [0.05, 0.1) is 16.0 Å². The Balaban J connectivity index is 1.50. The number of amides is 1. The summed E-state index contributed by atoms with van der Waals surface area (Å²) < 4.78 is 1.08. The molecule has 0 atom stereocenters. The van der Waals surface area contributed by atoms with Crippen molar-refractivity contribution in [3.05, 3.63) is 59.1 Å². The van der Waals surface area contributed by atoms with E-state index in [1.54, 1.807) is 11.8 Å². The Morgan fingerprint density at radius 3 is 2.73 bits per heavy atom. The number of nitrogens with one attached hydrogen (secondary N) is 1. The Labute approximate surface area is 141 Å². The molecule has 1 heterocycles. The zero-order valence-electron chi connectivity index (χ0n) is 11.6. The van der Waals surface area contributed by atoms with E-state index in [1.165, 1.54) is 11.3 Å². The smallest absolute Gasteiger partial charge is 0.236 e. The van der Waals surface area contributed by atoms with Crippen LogP contribution in [0.3, 0.4) is 0 Å². The number of anilines is 1. The van der Waals surface area contributed by atoms with Crippen LogP contribution < -0.4 is 5.32 Å². The second-order valence-corrected chi connectivity index (χ2v) is 7.11. The number of halogens is 1. The van der Waals surface area contributed by atoms with Gasteiger partial charge in [0.15, 0.2) is 5.13 Å². The Kier molecular flexibility index (Phi) is 4.97. The van der Waals surface area contributed by atoms with Crippen molar-refractivity contribution in [1.82, 2.24) is 4.98 Å². The molecule has 3 rings (SSSR count). The third-order valence-electron chi connectivity index (χ3n) is 2.96. The number of hydrogen-bond donors (Lipinski definition) is 1. The number of aromatic nitrogens is 1.